The van der Waals surface area contributed by atoms with Crippen molar-refractivity contribution in [3.05, 3.63) is 34.9 Å². The van der Waals surface area contributed by atoms with E-state index in [1.165, 1.54) is 6.42 Å². The first-order valence-electron chi connectivity index (χ1n) is 7.81. The van der Waals surface area contributed by atoms with E-state index in [-0.39, 0.29) is 11.6 Å². The molecule has 1 saturated carbocycles. The van der Waals surface area contributed by atoms with Gasteiger partial charge in [-0.2, -0.15) is 0 Å². The van der Waals surface area contributed by atoms with E-state index in [0.29, 0.717) is 17.0 Å². The van der Waals surface area contributed by atoms with Crippen LogP contribution in [-0.2, 0) is 4.74 Å². The fraction of sp³-hybridized carbons (Fsp3) is 0.647. The Hall–Kier alpha value is -1.00. The highest BCUT2D eigenvalue weighted by Crippen LogP contribution is 2.47. The van der Waals surface area contributed by atoms with Gasteiger partial charge in [0.15, 0.2) is 0 Å². The number of halogens is 2. The molecule has 1 N–H and O–H groups in total. The van der Waals surface area contributed by atoms with Crippen LogP contribution in [0.15, 0.2) is 12.1 Å². The van der Waals surface area contributed by atoms with Gasteiger partial charge in [-0.25, -0.2) is 8.78 Å². The molecule has 1 aliphatic carbocycles. The molecular weight excluding hydrogens is 272 g/mol. The zero-order valence-corrected chi connectivity index (χ0v) is 12.7. The summed E-state index contributed by atoms with van der Waals surface area (Å²) in [7, 11) is 1.85. The number of aryl methyl sites for hydroxylation is 1. The number of ether oxygens (including phenoxy) is 1. The van der Waals surface area contributed by atoms with Crippen LogP contribution >= 0.6 is 0 Å². The zero-order chi connectivity index (χ0) is 15.0. The summed E-state index contributed by atoms with van der Waals surface area (Å²) in [4.78, 5) is 0. The van der Waals surface area contributed by atoms with Crippen molar-refractivity contribution in [1.29, 1.82) is 0 Å². The first-order chi connectivity index (χ1) is 10.0. The van der Waals surface area contributed by atoms with Crippen molar-refractivity contribution in [3.63, 3.8) is 0 Å². The Morgan fingerprint density at radius 1 is 1.29 bits per heavy atom. The quantitative estimate of drug-likeness (QED) is 0.913. The van der Waals surface area contributed by atoms with Gasteiger partial charge in [0.1, 0.15) is 11.6 Å². The van der Waals surface area contributed by atoms with Gasteiger partial charge in [-0.1, -0.05) is 0 Å². The molecule has 0 aromatic heterocycles. The summed E-state index contributed by atoms with van der Waals surface area (Å²) in [5.74, 6) is -0.594. The molecule has 1 aliphatic heterocycles. The van der Waals surface area contributed by atoms with Crippen LogP contribution in [0.1, 0.15) is 49.3 Å². The highest BCUT2D eigenvalue weighted by atomic mass is 19.1. The van der Waals surface area contributed by atoms with Gasteiger partial charge in [0.05, 0.1) is 5.60 Å². The first kappa shape index (κ1) is 14.9. The molecule has 2 aliphatic rings. The van der Waals surface area contributed by atoms with Crippen molar-refractivity contribution in [3.8, 4) is 0 Å². The average Bonchev–Trinajstić information content (AvgIpc) is 2.44. The minimum Gasteiger partial charge on any atom is -0.375 e. The fourth-order valence-corrected chi connectivity index (χ4v) is 3.83. The van der Waals surface area contributed by atoms with Gasteiger partial charge in [0.2, 0.25) is 0 Å². The van der Waals surface area contributed by atoms with Gasteiger partial charge in [0, 0.05) is 24.3 Å². The fourth-order valence-electron chi connectivity index (χ4n) is 3.83. The molecule has 1 heterocycles. The predicted molar refractivity (Wildman–Crippen MR) is 78.2 cm³/mol. The van der Waals surface area contributed by atoms with Gasteiger partial charge in [0.25, 0.3) is 0 Å². The van der Waals surface area contributed by atoms with Crippen molar-refractivity contribution in [2.45, 2.75) is 50.7 Å². The summed E-state index contributed by atoms with van der Waals surface area (Å²) in [6.07, 6.45) is 5.34. The molecule has 4 heteroatoms. The number of benzene rings is 1. The molecule has 1 aromatic rings. The van der Waals surface area contributed by atoms with Crippen molar-refractivity contribution in [1.82, 2.24) is 5.32 Å². The molecule has 116 valence electrons. The summed E-state index contributed by atoms with van der Waals surface area (Å²) in [5, 5.41) is 3.24. The Balaban J connectivity index is 1.86. The highest BCUT2D eigenvalue weighted by Gasteiger charge is 2.44. The third-order valence-corrected chi connectivity index (χ3v) is 5.19. The Labute approximate surface area is 124 Å². The van der Waals surface area contributed by atoms with Crippen molar-refractivity contribution in [2.24, 2.45) is 5.92 Å². The van der Waals surface area contributed by atoms with Crippen LogP contribution in [0.3, 0.4) is 0 Å². The molecule has 0 radical (unpaired) electrons. The normalized spacial score (nSPS) is 25.6. The average molecular weight is 295 g/mol. The van der Waals surface area contributed by atoms with E-state index in [1.54, 1.807) is 13.0 Å². The monoisotopic (exact) mass is 295 g/mol. The van der Waals surface area contributed by atoms with Gasteiger partial charge in [-0.3, -0.25) is 0 Å². The minimum atomic E-state index is -0.478. The Kier molecular flexibility index (Phi) is 4.02. The van der Waals surface area contributed by atoms with Crippen LogP contribution in [0.25, 0.3) is 0 Å². The molecule has 1 aromatic carbocycles. The van der Waals surface area contributed by atoms with Crippen LogP contribution in [0.2, 0.25) is 0 Å². The largest absolute Gasteiger partial charge is 0.375 e. The topological polar surface area (TPSA) is 21.3 Å². The van der Waals surface area contributed by atoms with Crippen LogP contribution in [0.4, 0.5) is 8.78 Å². The van der Waals surface area contributed by atoms with Crippen molar-refractivity contribution >= 4 is 0 Å². The van der Waals surface area contributed by atoms with E-state index < -0.39 is 11.6 Å². The number of hydrogen-bond donors (Lipinski definition) is 1. The van der Waals surface area contributed by atoms with E-state index in [1.807, 2.05) is 7.05 Å². The van der Waals surface area contributed by atoms with E-state index in [2.05, 4.69) is 5.32 Å². The van der Waals surface area contributed by atoms with E-state index in [9.17, 15) is 8.78 Å². The summed E-state index contributed by atoms with van der Waals surface area (Å²) < 4.78 is 33.6. The second-order valence-corrected chi connectivity index (χ2v) is 6.53. The summed E-state index contributed by atoms with van der Waals surface area (Å²) in [5.41, 5.74) is 1.11. The Bertz CT molecular complexity index is 528. The lowest BCUT2D eigenvalue weighted by Crippen LogP contribution is -2.47. The van der Waals surface area contributed by atoms with Crippen LogP contribution < -0.4 is 5.32 Å². The molecule has 2 unspecified atom stereocenters. The molecule has 2 atom stereocenters. The molecule has 0 amide bonds. The maximum Gasteiger partial charge on any atom is 0.130 e. The van der Waals surface area contributed by atoms with Gasteiger partial charge < -0.3 is 10.1 Å². The predicted octanol–water partition coefficient (Wildman–Crippen LogP) is 3.88. The highest BCUT2D eigenvalue weighted by molar-refractivity contribution is 5.29. The van der Waals surface area contributed by atoms with Crippen molar-refractivity contribution in [2.75, 3.05) is 13.7 Å². The Morgan fingerprint density at radius 3 is 2.67 bits per heavy atom. The summed E-state index contributed by atoms with van der Waals surface area (Å²) in [6, 6.07) is 2.58. The van der Waals surface area contributed by atoms with Gasteiger partial charge >= 0.3 is 0 Å². The third-order valence-electron chi connectivity index (χ3n) is 5.19. The maximum atomic E-state index is 14.2. The molecule has 0 bridgehead atoms. The van der Waals surface area contributed by atoms with E-state index in [4.69, 9.17) is 4.74 Å². The standard InChI is InChI=1S/C17H23F2NO/c1-11-8-13(15(19)9-14(11)18)16(20-2)12-4-7-21-17(10-12)5-3-6-17/h8-9,12,16,20H,3-7,10H2,1-2H3. The molecule has 2 fully saturated rings. The van der Waals surface area contributed by atoms with Gasteiger partial charge in [-0.05, 0) is 63.6 Å². The number of rotatable bonds is 3. The lowest BCUT2D eigenvalue weighted by atomic mass is 9.69. The van der Waals surface area contributed by atoms with E-state index >= 15 is 0 Å². The number of hydrogen-bond acceptors (Lipinski definition) is 2. The summed E-state index contributed by atoms with van der Waals surface area (Å²) in [6.45, 7) is 2.42. The van der Waals surface area contributed by atoms with Crippen LogP contribution in [-0.4, -0.2) is 19.3 Å². The summed E-state index contributed by atoms with van der Waals surface area (Å²) >= 11 is 0. The molecule has 21 heavy (non-hydrogen) atoms. The Morgan fingerprint density at radius 2 is 2.05 bits per heavy atom. The maximum absolute atomic E-state index is 14.2. The molecule has 1 spiro atoms. The second-order valence-electron chi connectivity index (χ2n) is 6.53. The molecule has 3 rings (SSSR count). The van der Waals surface area contributed by atoms with Crippen LogP contribution in [0, 0.1) is 24.5 Å². The van der Waals surface area contributed by atoms with Crippen LogP contribution in [0.5, 0.6) is 0 Å². The smallest absolute Gasteiger partial charge is 0.130 e. The molecule has 2 nitrogen and oxygen atoms in total. The van der Waals surface area contributed by atoms with Gasteiger partial charge in [-0.15, -0.1) is 0 Å². The SMILES string of the molecule is CNC(c1cc(C)c(F)cc1F)C1CCOC2(CCC2)C1. The molecular formula is C17H23F2NO. The van der Waals surface area contributed by atoms with Crippen molar-refractivity contribution < 1.29 is 13.5 Å². The lowest BCUT2D eigenvalue weighted by molar-refractivity contribution is -0.147. The first-order valence-corrected chi connectivity index (χ1v) is 7.81. The van der Waals surface area contributed by atoms with E-state index in [0.717, 1.165) is 38.4 Å². The second kappa shape index (κ2) is 5.65. The lowest BCUT2D eigenvalue weighted by Gasteiger charge is -2.48. The third kappa shape index (κ3) is 2.71. The minimum absolute atomic E-state index is 0.0313. The molecule has 1 saturated heterocycles. The number of nitrogens with one attached hydrogen (secondary N) is 1. The zero-order valence-electron chi connectivity index (χ0n) is 12.7.